The summed E-state index contributed by atoms with van der Waals surface area (Å²) in [5, 5.41) is 17.0. The zero-order valence-electron chi connectivity index (χ0n) is 15.6. The lowest BCUT2D eigenvalue weighted by Crippen LogP contribution is -2.20. The number of nitrogens with one attached hydrogen (secondary N) is 1. The molecule has 1 aromatic carbocycles. The number of nitriles is 1. The molecular formula is C21H20N6O. The van der Waals surface area contributed by atoms with Crippen molar-refractivity contribution in [2.75, 3.05) is 11.9 Å². The second kappa shape index (κ2) is 6.64. The van der Waals surface area contributed by atoms with Crippen LogP contribution in [0.15, 0.2) is 36.8 Å². The van der Waals surface area contributed by atoms with Crippen LogP contribution in [0, 0.1) is 24.2 Å². The van der Waals surface area contributed by atoms with Gasteiger partial charge >= 0.3 is 0 Å². The average Bonchev–Trinajstić information content (AvgIpc) is 3.48. The highest BCUT2D eigenvalue weighted by molar-refractivity contribution is 5.71. The SMILES string of the molecule is Cc1cnc(Nc2cnn(C3CC3)c2)nc1-c1cccc2c1CC(C#N)CO2. The van der Waals surface area contributed by atoms with E-state index in [2.05, 4.69) is 21.5 Å². The van der Waals surface area contributed by atoms with E-state index < -0.39 is 0 Å². The van der Waals surface area contributed by atoms with Crippen LogP contribution >= 0.6 is 0 Å². The predicted octanol–water partition coefficient (Wildman–Crippen LogP) is 3.80. The van der Waals surface area contributed by atoms with Crippen molar-refractivity contribution in [2.45, 2.75) is 32.2 Å². The van der Waals surface area contributed by atoms with Crippen molar-refractivity contribution in [1.82, 2.24) is 19.7 Å². The van der Waals surface area contributed by atoms with Gasteiger partial charge < -0.3 is 10.1 Å². The fraction of sp³-hybridized carbons (Fsp3) is 0.333. The molecule has 0 radical (unpaired) electrons. The van der Waals surface area contributed by atoms with Crippen LogP contribution in [0.4, 0.5) is 11.6 Å². The van der Waals surface area contributed by atoms with E-state index in [-0.39, 0.29) is 5.92 Å². The molecule has 1 atom stereocenters. The molecule has 2 aromatic heterocycles. The molecule has 0 amide bonds. The standard InChI is InChI=1S/C21H20N6O/c1-13-9-23-21(25-15-10-24-27(11-15)16-5-6-16)26-20(13)17-3-2-4-19-18(17)7-14(8-22)12-28-19/h2-4,9-11,14,16H,5-7,12H2,1H3,(H,23,25,26). The summed E-state index contributed by atoms with van der Waals surface area (Å²) in [5.74, 6) is 1.23. The highest BCUT2D eigenvalue weighted by Crippen LogP contribution is 2.37. The van der Waals surface area contributed by atoms with E-state index >= 15 is 0 Å². The number of nitrogens with zero attached hydrogens (tertiary/aromatic N) is 5. The zero-order valence-corrected chi connectivity index (χ0v) is 15.6. The molecule has 0 spiro atoms. The number of ether oxygens (including phenoxy) is 1. The fourth-order valence-electron chi connectivity index (χ4n) is 3.56. The molecule has 1 saturated carbocycles. The smallest absolute Gasteiger partial charge is 0.227 e. The molecule has 1 N–H and O–H groups in total. The van der Waals surface area contributed by atoms with Crippen LogP contribution in [0.2, 0.25) is 0 Å². The van der Waals surface area contributed by atoms with E-state index in [0.29, 0.717) is 25.0 Å². The minimum absolute atomic E-state index is 0.137. The molecule has 7 heteroatoms. The lowest BCUT2D eigenvalue weighted by atomic mass is 9.91. The molecule has 0 bridgehead atoms. The van der Waals surface area contributed by atoms with Gasteiger partial charge in [-0.25, -0.2) is 9.97 Å². The Morgan fingerprint density at radius 1 is 1.29 bits per heavy atom. The van der Waals surface area contributed by atoms with Crippen LogP contribution in [0.1, 0.15) is 30.0 Å². The first-order chi connectivity index (χ1) is 13.7. The van der Waals surface area contributed by atoms with Crippen LogP contribution in [-0.2, 0) is 6.42 Å². The van der Waals surface area contributed by atoms with E-state index in [9.17, 15) is 5.26 Å². The second-order valence-corrected chi connectivity index (χ2v) is 7.41. The molecule has 3 aromatic rings. The van der Waals surface area contributed by atoms with Gasteiger partial charge in [0, 0.05) is 23.5 Å². The van der Waals surface area contributed by atoms with E-state index in [1.54, 1.807) is 6.20 Å². The topological polar surface area (TPSA) is 88.7 Å². The largest absolute Gasteiger partial charge is 0.492 e. The summed E-state index contributed by atoms with van der Waals surface area (Å²) in [6, 6.07) is 8.81. The maximum atomic E-state index is 9.31. The van der Waals surface area contributed by atoms with Gasteiger partial charge in [0.25, 0.3) is 0 Å². The molecule has 7 nitrogen and oxygen atoms in total. The van der Waals surface area contributed by atoms with Gasteiger partial charge in [0.2, 0.25) is 5.95 Å². The molecule has 2 aliphatic rings. The molecule has 1 unspecified atom stereocenters. The van der Waals surface area contributed by atoms with E-state index in [1.807, 2.05) is 42.2 Å². The molecule has 140 valence electrons. The number of aryl methyl sites for hydroxylation is 1. The van der Waals surface area contributed by atoms with Gasteiger partial charge in [-0.1, -0.05) is 12.1 Å². The van der Waals surface area contributed by atoms with Crippen LogP contribution in [0.3, 0.4) is 0 Å². The molecule has 0 saturated heterocycles. The number of rotatable bonds is 4. The summed E-state index contributed by atoms with van der Waals surface area (Å²) >= 11 is 0. The minimum Gasteiger partial charge on any atom is -0.492 e. The van der Waals surface area contributed by atoms with Crippen LogP contribution in [0.5, 0.6) is 5.75 Å². The summed E-state index contributed by atoms with van der Waals surface area (Å²) in [6.45, 7) is 2.43. The predicted molar refractivity (Wildman–Crippen MR) is 104 cm³/mol. The molecule has 1 aliphatic heterocycles. The van der Waals surface area contributed by atoms with Crippen molar-refractivity contribution < 1.29 is 4.74 Å². The first-order valence-electron chi connectivity index (χ1n) is 9.51. The van der Waals surface area contributed by atoms with Gasteiger partial charge in [-0.15, -0.1) is 0 Å². The summed E-state index contributed by atoms with van der Waals surface area (Å²) in [5.41, 5.74) is 4.74. The zero-order chi connectivity index (χ0) is 19.1. The summed E-state index contributed by atoms with van der Waals surface area (Å²) < 4.78 is 7.78. The highest BCUT2D eigenvalue weighted by Gasteiger charge is 2.25. The highest BCUT2D eigenvalue weighted by atomic mass is 16.5. The molecular weight excluding hydrogens is 352 g/mol. The lowest BCUT2D eigenvalue weighted by molar-refractivity contribution is 0.253. The molecule has 1 fully saturated rings. The van der Waals surface area contributed by atoms with Crippen molar-refractivity contribution in [3.63, 3.8) is 0 Å². The van der Waals surface area contributed by atoms with Gasteiger partial charge in [0.15, 0.2) is 0 Å². The Balaban J connectivity index is 1.49. The first kappa shape index (κ1) is 16.8. The molecule has 1 aliphatic carbocycles. The molecule has 3 heterocycles. The van der Waals surface area contributed by atoms with Crippen molar-refractivity contribution in [2.24, 2.45) is 5.92 Å². The Hall–Kier alpha value is -3.40. The summed E-state index contributed by atoms with van der Waals surface area (Å²) in [6.07, 6.45) is 8.67. The number of hydrogen-bond acceptors (Lipinski definition) is 6. The fourth-order valence-corrected chi connectivity index (χ4v) is 3.56. The van der Waals surface area contributed by atoms with Gasteiger partial charge in [0.1, 0.15) is 12.4 Å². The number of benzene rings is 1. The Bertz CT molecular complexity index is 1080. The quantitative estimate of drug-likeness (QED) is 0.749. The maximum absolute atomic E-state index is 9.31. The summed E-state index contributed by atoms with van der Waals surface area (Å²) in [4.78, 5) is 9.20. The second-order valence-electron chi connectivity index (χ2n) is 7.41. The Morgan fingerprint density at radius 3 is 3.00 bits per heavy atom. The monoisotopic (exact) mass is 372 g/mol. The normalized spacial score (nSPS) is 18.1. The number of fused-ring (bicyclic) bond motifs is 1. The number of hydrogen-bond donors (Lipinski definition) is 1. The van der Waals surface area contributed by atoms with Crippen molar-refractivity contribution in [3.05, 3.63) is 47.9 Å². The molecule has 5 rings (SSSR count). The van der Waals surface area contributed by atoms with Crippen molar-refractivity contribution in [1.29, 1.82) is 5.26 Å². The molecule has 28 heavy (non-hydrogen) atoms. The van der Waals surface area contributed by atoms with Crippen molar-refractivity contribution in [3.8, 4) is 23.1 Å². The number of anilines is 2. The van der Waals surface area contributed by atoms with E-state index in [0.717, 1.165) is 33.8 Å². The van der Waals surface area contributed by atoms with Gasteiger partial charge in [-0.05, 0) is 37.8 Å². The Kier molecular flexibility index (Phi) is 3.97. The third-order valence-electron chi connectivity index (χ3n) is 5.21. The average molecular weight is 372 g/mol. The van der Waals surface area contributed by atoms with Crippen LogP contribution in [-0.4, -0.2) is 26.4 Å². The van der Waals surface area contributed by atoms with E-state index in [4.69, 9.17) is 9.72 Å². The Labute approximate surface area is 163 Å². The lowest BCUT2D eigenvalue weighted by Gasteiger charge is -2.23. The third-order valence-corrected chi connectivity index (χ3v) is 5.21. The van der Waals surface area contributed by atoms with Crippen molar-refractivity contribution >= 4 is 11.6 Å². The number of aromatic nitrogens is 4. The van der Waals surface area contributed by atoms with E-state index in [1.165, 1.54) is 12.8 Å². The minimum atomic E-state index is -0.137. The van der Waals surface area contributed by atoms with Crippen LogP contribution in [0.25, 0.3) is 11.3 Å². The van der Waals surface area contributed by atoms with Gasteiger partial charge in [-0.2, -0.15) is 10.4 Å². The first-order valence-corrected chi connectivity index (χ1v) is 9.51. The summed E-state index contributed by atoms with van der Waals surface area (Å²) in [7, 11) is 0. The van der Waals surface area contributed by atoms with Gasteiger partial charge in [-0.3, -0.25) is 4.68 Å². The van der Waals surface area contributed by atoms with Crippen LogP contribution < -0.4 is 10.1 Å². The van der Waals surface area contributed by atoms with Gasteiger partial charge in [0.05, 0.1) is 35.6 Å². The third kappa shape index (κ3) is 3.07. The maximum Gasteiger partial charge on any atom is 0.227 e. The Morgan fingerprint density at radius 2 is 2.18 bits per heavy atom.